The molecule has 1 fully saturated rings. The lowest BCUT2D eigenvalue weighted by Gasteiger charge is -2.12. The second kappa shape index (κ2) is 2.98. The summed E-state index contributed by atoms with van der Waals surface area (Å²) >= 11 is 0. The van der Waals surface area contributed by atoms with E-state index in [2.05, 4.69) is 10.2 Å². The molecule has 1 unspecified atom stereocenters. The van der Waals surface area contributed by atoms with Crippen LogP contribution in [-0.4, -0.2) is 28.7 Å². The molecule has 1 aromatic rings. The van der Waals surface area contributed by atoms with E-state index >= 15 is 0 Å². The molecule has 0 saturated carbocycles. The van der Waals surface area contributed by atoms with E-state index in [-0.39, 0.29) is 11.9 Å². The van der Waals surface area contributed by atoms with Gasteiger partial charge in [-0.3, -0.25) is 14.8 Å². The van der Waals surface area contributed by atoms with Gasteiger partial charge in [-0.2, -0.15) is 5.10 Å². The Balaban J connectivity index is 2.32. The first kappa shape index (κ1) is 9.01. The van der Waals surface area contributed by atoms with Crippen LogP contribution in [0, 0.1) is 6.92 Å². The zero-order valence-corrected chi connectivity index (χ0v) is 7.95. The molecule has 0 aliphatic carbocycles. The zero-order chi connectivity index (χ0) is 10.3. The van der Waals surface area contributed by atoms with Crippen LogP contribution in [0.2, 0.25) is 0 Å². The van der Waals surface area contributed by atoms with Gasteiger partial charge in [-0.25, -0.2) is 0 Å². The topological polar surface area (TPSA) is 101 Å². The van der Waals surface area contributed by atoms with Gasteiger partial charge in [0.25, 0.3) is 0 Å². The average Bonchev–Trinajstić information content (AvgIpc) is 2.59. The maximum atomic E-state index is 11.5. The molecule has 1 aliphatic rings. The molecule has 14 heavy (non-hydrogen) atoms. The minimum Gasteiger partial charge on any atom is -0.394 e. The van der Waals surface area contributed by atoms with Gasteiger partial charge in [-0.05, 0) is 6.92 Å². The summed E-state index contributed by atoms with van der Waals surface area (Å²) < 4.78 is 0. The summed E-state index contributed by atoms with van der Waals surface area (Å²) in [7, 11) is 0. The highest BCUT2D eigenvalue weighted by Gasteiger charge is 2.31. The van der Waals surface area contributed by atoms with E-state index in [4.69, 9.17) is 11.5 Å². The summed E-state index contributed by atoms with van der Waals surface area (Å²) in [5, 5.41) is 6.72. The minimum absolute atomic E-state index is 0.0179. The van der Waals surface area contributed by atoms with Crippen LogP contribution in [0.5, 0.6) is 0 Å². The number of nitrogen functional groups attached to an aromatic ring is 1. The number of hydrogen-bond acceptors (Lipinski definition) is 4. The van der Waals surface area contributed by atoms with Crippen molar-refractivity contribution in [1.29, 1.82) is 0 Å². The van der Waals surface area contributed by atoms with E-state index in [1.54, 1.807) is 0 Å². The number of hydrogen-bond donors (Lipinski definition) is 3. The molecule has 0 bridgehead atoms. The Morgan fingerprint density at radius 2 is 2.36 bits per heavy atom. The second-order valence-electron chi connectivity index (χ2n) is 3.55. The van der Waals surface area contributed by atoms with E-state index < -0.39 is 0 Å². The van der Waals surface area contributed by atoms with Crippen molar-refractivity contribution in [2.45, 2.75) is 19.4 Å². The molecule has 76 valence electrons. The normalized spacial score (nSPS) is 22.0. The third kappa shape index (κ3) is 1.24. The number of nitrogens with two attached hydrogens (primary N) is 2. The molecular formula is C8H13N5O. The van der Waals surface area contributed by atoms with Crippen LogP contribution < -0.4 is 16.4 Å². The number of amides is 1. The molecule has 6 nitrogen and oxygen atoms in total. The van der Waals surface area contributed by atoms with Gasteiger partial charge in [0.2, 0.25) is 5.91 Å². The molecule has 6 heteroatoms. The summed E-state index contributed by atoms with van der Waals surface area (Å²) in [6.07, 6.45) is 0.366. The molecule has 2 heterocycles. The molecule has 2 rings (SSSR count). The van der Waals surface area contributed by atoms with Crippen molar-refractivity contribution in [3.8, 4) is 0 Å². The lowest BCUT2D eigenvalue weighted by atomic mass is 10.3. The third-order valence-electron chi connectivity index (χ3n) is 2.39. The van der Waals surface area contributed by atoms with Crippen LogP contribution in [0.15, 0.2) is 0 Å². The van der Waals surface area contributed by atoms with Crippen LogP contribution in [-0.2, 0) is 4.79 Å². The predicted molar refractivity (Wildman–Crippen MR) is 52.7 cm³/mol. The number of H-pyrrole nitrogens is 1. The number of aryl methyl sites for hydroxylation is 1. The van der Waals surface area contributed by atoms with Crippen LogP contribution >= 0.6 is 0 Å². The van der Waals surface area contributed by atoms with Crippen molar-refractivity contribution in [1.82, 2.24) is 10.2 Å². The van der Waals surface area contributed by atoms with E-state index in [0.717, 1.165) is 5.69 Å². The van der Waals surface area contributed by atoms with Crippen LogP contribution in [0.4, 0.5) is 11.5 Å². The Hall–Kier alpha value is -1.56. The Bertz CT molecular complexity index is 372. The smallest absolute Gasteiger partial charge is 0.229 e. The number of aromatic amines is 1. The lowest BCUT2D eigenvalue weighted by molar-refractivity contribution is -0.117. The number of aromatic nitrogens is 2. The maximum absolute atomic E-state index is 11.5. The van der Waals surface area contributed by atoms with Crippen molar-refractivity contribution in [2.24, 2.45) is 5.73 Å². The highest BCUT2D eigenvalue weighted by Crippen LogP contribution is 2.26. The van der Waals surface area contributed by atoms with Gasteiger partial charge in [0.15, 0.2) is 5.82 Å². The highest BCUT2D eigenvalue weighted by atomic mass is 16.2. The molecule has 0 spiro atoms. The Morgan fingerprint density at radius 1 is 1.64 bits per heavy atom. The Labute approximate surface area is 81.2 Å². The second-order valence-corrected chi connectivity index (χ2v) is 3.55. The fourth-order valence-electron chi connectivity index (χ4n) is 1.57. The molecule has 1 amide bonds. The summed E-state index contributed by atoms with van der Waals surface area (Å²) in [4.78, 5) is 13.0. The molecular weight excluding hydrogens is 182 g/mol. The summed E-state index contributed by atoms with van der Waals surface area (Å²) in [6, 6.07) is -0.112. The van der Waals surface area contributed by atoms with E-state index in [0.29, 0.717) is 24.5 Å². The number of rotatable bonds is 1. The van der Waals surface area contributed by atoms with Crippen LogP contribution in [0.25, 0.3) is 0 Å². The van der Waals surface area contributed by atoms with Crippen molar-refractivity contribution in [2.75, 3.05) is 17.2 Å². The number of nitrogens with one attached hydrogen (secondary N) is 1. The molecule has 0 radical (unpaired) electrons. The van der Waals surface area contributed by atoms with Gasteiger partial charge in [-0.15, -0.1) is 0 Å². The first-order valence-corrected chi connectivity index (χ1v) is 4.46. The quantitative estimate of drug-likeness (QED) is 0.555. The average molecular weight is 195 g/mol. The van der Waals surface area contributed by atoms with Gasteiger partial charge < -0.3 is 11.5 Å². The van der Waals surface area contributed by atoms with Crippen molar-refractivity contribution in [3.05, 3.63) is 5.69 Å². The standard InChI is InChI=1S/C8H13N5O/c1-4-7(10)8(12-11-4)13-3-5(9)2-6(13)14/h5H,2-3,9-10H2,1H3,(H,11,12). The summed E-state index contributed by atoms with van der Waals surface area (Å²) in [5.41, 5.74) is 12.7. The lowest BCUT2D eigenvalue weighted by Crippen LogP contribution is -2.28. The van der Waals surface area contributed by atoms with Gasteiger partial charge in [0.05, 0.1) is 11.4 Å². The molecule has 1 atom stereocenters. The van der Waals surface area contributed by atoms with E-state index in [1.807, 2.05) is 6.92 Å². The van der Waals surface area contributed by atoms with Crippen LogP contribution in [0.1, 0.15) is 12.1 Å². The van der Waals surface area contributed by atoms with Crippen molar-refractivity contribution >= 4 is 17.4 Å². The Morgan fingerprint density at radius 3 is 2.79 bits per heavy atom. The number of anilines is 2. The third-order valence-corrected chi connectivity index (χ3v) is 2.39. The number of nitrogens with zero attached hydrogens (tertiary/aromatic N) is 2. The molecule has 5 N–H and O–H groups in total. The number of carbonyl (C=O) groups excluding carboxylic acids is 1. The molecule has 0 aromatic carbocycles. The maximum Gasteiger partial charge on any atom is 0.229 e. The Kier molecular flexibility index (Phi) is 1.92. The summed E-state index contributed by atoms with van der Waals surface area (Å²) in [6.45, 7) is 2.31. The highest BCUT2D eigenvalue weighted by molar-refractivity contribution is 5.97. The monoisotopic (exact) mass is 195 g/mol. The van der Waals surface area contributed by atoms with Gasteiger partial charge in [0.1, 0.15) is 0 Å². The zero-order valence-electron chi connectivity index (χ0n) is 7.95. The number of carbonyl (C=O) groups is 1. The minimum atomic E-state index is -0.112. The largest absolute Gasteiger partial charge is 0.394 e. The van der Waals surface area contributed by atoms with Gasteiger partial charge in [-0.1, -0.05) is 0 Å². The van der Waals surface area contributed by atoms with E-state index in [1.165, 1.54) is 4.90 Å². The summed E-state index contributed by atoms with van der Waals surface area (Å²) in [5.74, 6) is 0.483. The fourth-order valence-corrected chi connectivity index (χ4v) is 1.57. The van der Waals surface area contributed by atoms with Gasteiger partial charge in [0, 0.05) is 19.0 Å². The molecule has 1 aromatic heterocycles. The first-order chi connectivity index (χ1) is 6.59. The van der Waals surface area contributed by atoms with Crippen molar-refractivity contribution in [3.63, 3.8) is 0 Å². The SMILES string of the molecule is Cc1[nH]nc(N2CC(N)CC2=O)c1N. The van der Waals surface area contributed by atoms with Crippen molar-refractivity contribution < 1.29 is 4.79 Å². The molecule has 1 aliphatic heterocycles. The van der Waals surface area contributed by atoms with Gasteiger partial charge >= 0.3 is 0 Å². The molecule has 1 saturated heterocycles. The predicted octanol–water partition coefficient (Wildman–Crippen LogP) is -0.636. The van der Waals surface area contributed by atoms with E-state index in [9.17, 15) is 4.79 Å². The fraction of sp³-hybridized carbons (Fsp3) is 0.500. The first-order valence-electron chi connectivity index (χ1n) is 4.46. The van der Waals surface area contributed by atoms with Crippen LogP contribution in [0.3, 0.4) is 0 Å².